The average Bonchev–Trinajstić information content (AvgIpc) is 3.34. The van der Waals surface area contributed by atoms with Gasteiger partial charge in [-0.2, -0.15) is 0 Å². The SMILES string of the molecule is C=C(C)[C@@H]1CCC2(COC(=O)/C=C/c3ccccc3)CC[C@]3(C)C(CCC4C5(C)CCC(O)C(C)(C)C5CCC43C)C12. The Hall–Kier alpha value is -1.87. The molecule has 42 heavy (non-hydrogen) atoms. The molecule has 8 unspecified atom stereocenters. The third kappa shape index (κ3) is 4.33. The summed E-state index contributed by atoms with van der Waals surface area (Å²) in [5.41, 5.74) is 3.26. The smallest absolute Gasteiger partial charge is 0.330 e. The molecule has 0 bridgehead atoms. The molecule has 10 atom stereocenters. The zero-order valence-electron chi connectivity index (χ0n) is 27.3. The predicted molar refractivity (Wildman–Crippen MR) is 171 cm³/mol. The van der Waals surface area contributed by atoms with E-state index in [4.69, 9.17) is 4.74 Å². The van der Waals surface area contributed by atoms with Gasteiger partial charge in [-0.15, -0.1) is 0 Å². The maximum Gasteiger partial charge on any atom is 0.330 e. The maximum atomic E-state index is 12.9. The lowest BCUT2D eigenvalue weighted by atomic mass is 9.32. The molecule has 0 spiro atoms. The number of fused-ring (bicyclic) bond motifs is 7. The van der Waals surface area contributed by atoms with Crippen molar-refractivity contribution in [3.63, 3.8) is 0 Å². The minimum Gasteiger partial charge on any atom is -0.462 e. The molecule has 5 aliphatic carbocycles. The van der Waals surface area contributed by atoms with Crippen molar-refractivity contribution in [2.24, 2.45) is 56.7 Å². The molecule has 3 heteroatoms. The molecule has 0 amide bonds. The third-order valence-electron chi connectivity index (χ3n) is 14.9. The zero-order chi connectivity index (χ0) is 30.1. The van der Waals surface area contributed by atoms with Crippen LogP contribution < -0.4 is 0 Å². The summed E-state index contributed by atoms with van der Waals surface area (Å²) in [6.45, 7) is 20.0. The van der Waals surface area contributed by atoms with Crippen LogP contribution >= 0.6 is 0 Å². The number of carbonyl (C=O) groups is 1. The Morgan fingerprint density at radius 3 is 2.36 bits per heavy atom. The van der Waals surface area contributed by atoms with Gasteiger partial charge < -0.3 is 9.84 Å². The van der Waals surface area contributed by atoms with Gasteiger partial charge in [-0.1, -0.05) is 77.1 Å². The number of benzene rings is 1. The Balaban J connectivity index is 1.27. The number of rotatable bonds is 5. The van der Waals surface area contributed by atoms with Crippen LogP contribution in [0.3, 0.4) is 0 Å². The molecule has 1 aromatic carbocycles. The molecular formula is C39H56O3. The lowest BCUT2D eigenvalue weighted by molar-refractivity contribution is -0.249. The molecule has 6 rings (SSSR count). The number of aliphatic hydroxyl groups is 1. The Morgan fingerprint density at radius 1 is 0.905 bits per heavy atom. The summed E-state index contributed by atoms with van der Waals surface area (Å²) < 4.78 is 6.12. The van der Waals surface area contributed by atoms with Crippen molar-refractivity contribution in [1.29, 1.82) is 0 Å². The first-order valence-corrected chi connectivity index (χ1v) is 17.0. The second kappa shape index (κ2) is 10.4. The number of ether oxygens (including phenoxy) is 1. The molecule has 1 aromatic rings. The van der Waals surface area contributed by atoms with Crippen LogP contribution in [0.4, 0.5) is 0 Å². The first kappa shape index (κ1) is 30.2. The van der Waals surface area contributed by atoms with E-state index < -0.39 is 0 Å². The topological polar surface area (TPSA) is 46.5 Å². The fourth-order valence-electron chi connectivity index (χ4n) is 12.5. The minimum absolute atomic E-state index is 0.0108. The van der Waals surface area contributed by atoms with Crippen molar-refractivity contribution in [1.82, 2.24) is 0 Å². The van der Waals surface area contributed by atoms with E-state index in [-0.39, 0.29) is 28.3 Å². The normalized spacial score (nSPS) is 45.8. The number of allylic oxidation sites excluding steroid dienone is 1. The molecule has 5 fully saturated rings. The van der Waals surface area contributed by atoms with Crippen molar-refractivity contribution in [3.8, 4) is 0 Å². The van der Waals surface area contributed by atoms with Crippen molar-refractivity contribution >= 4 is 12.0 Å². The summed E-state index contributed by atoms with van der Waals surface area (Å²) in [7, 11) is 0. The van der Waals surface area contributed by atoms with Crippen LogP contribution in [0.1, 0.15) is 111 Å². The quantitative estimate of drug-likeness (QED) is 0.217. The number of aliphatic hydroxyl groups excluding tert-OH is 1. The largest absolute Gasteiger partial charge is 0.462 e. The van der Waals surface area contributed by atoms with Gasteiger partial charge in [0.1, 0.15) is 0 Å². The van der Waals surface area contributed by atoms with Gasteiger partial charge in [0.25, 0.3) is 0 Å². The van der Waals surface area contributed by atoms with E-state index in [0.29, 0.717) is 47.0 Å². The number of hydrogen-bond acceptors (Lipinski definition) is 3. The monoisotopic (exact) mass is 572 g/mol. The summed E-state index contributed by atoms with van der Waals surface area (Å²) in [4.78, 5) is 12.9. The summed E-state index contributed by atoms with van der Waals surface area (Å²) >= 11 is 0. The average molecular weight is 573 g/mol. The molecule has 3 nitrogen and oxygen atoms in total. The number of hydrogen-bond donors (Lipinski definition) is 1. The van der Waals surface area contributed by atoms with Crippen molar-refractivity contribution in [2.45, 2.75) is 112 Å². The van der Waals surface area contributed by atoms with E-state index in [2.05, 4.69) is 48.1 Å². The summed E-state index contributed by atoms with van der Waals surface area (Å²) in [5.74, 6) is 2.76. The van der Waals surface area contributed by atoms with Crippen LogP contribution in [0.2, 0.25) is 0 Å². The summed E-state index contributed by atoms with van der Waals surface area (Å²) in [6, 6.07) is 9.99. The van der Waals surface area contributed by atoms with Crippen LogP contribution in [-0.2, 0) is 9.53 Å². The second-order valence-corrected chi connectivity index (χ2v) is 16.8. The molecule has 0 aromatic heterocycles. The fraction of sp³-hybridized carbons (Fsp3) is 0.718. The van der Waals surface area contributed by atoms with Crippen molar-refractivity contribution < 1.29 is 14.6 Å². The molecule has 5 saturated carbocycles. The molecular weight excluding hydrogens is 516 g/mol. The van der Waals surface area contributed by atoms with Gasteiger partial charge in [0.2, 0.25) is 0 Å². The van der Waals surface area contributed by atoms with Gasteiger partial charge in [0.05, 0.1) is 12.7 Å². The van der Waals surface area contributed by atoms with Gasteiger partial charge in [0, 0.05) is 11.5 Å². The molecule has 0 heterocycles. The van der Waals surface area contributed by atoms with Crippen LogP contribution in [0.5, 0.6) is 0 Å². The first-order valence-electron chi connectivity index (χ1n) is 17.0. The first-order chi connectivity index (χ1) is 19.8. The second-order valence-electron chi connectivity index (χ2n) is 16.8. The molecule has 0 saturated heterocycles. The van der Waals surface area contributed by atoms with E-state index in [9.17, 15) is 9.90 Å². The Labute approximate surface area is 255 Å². The Kier molecular flexibility index (Phi) is 7.44. The van der Waals surface area contributed by atoms with Crippen LogP contribution in [-0.4, -0.2) is 23.8 Å². The Morgan fingerprint density at radius 2 is 1.64 bits per heavy atom. The van der Waals surface area contributed by atoms with E-state index in [1.807, 2.05) is 36.4 Å². The molecule has 1 N–H and O–H groups in total. The number of carbonyl (C=O) groups excluding carboxylic acids is 1. The summed E-state index contributed by atoms with van der Waals surface area (Å²) in [6.07, 6.45) is 15.2. The highest BCUT2D eigenvalue weighted by atomic mass is 16.5. The highest BCUT2D eigenvalue weighted by molar-refractivity contribution is 5.87. The van der Waals surface area contributed by atoms with E-state index in [0.717, 1.165) is 31.2 Å². The van der Waals surface area contributed by atoms with Gasteiger partial charge >= 0.3 is 5.97 Å². The molecule has 0 aliphatic heterocycles. The van der Waals surface area contributed by atoms with Crippen molar-refractivity contribution in [3.05, 3.63) is 54.1 Å². The van der Waals surface area contributed by atoms with Crippen LogP contribution in [0, 0.1) is 56.7 Å². The van der Waals surface area contributed by atoms with E-state index >= 15 is 0 Å². The van der Waals surface area contributed by atoms with Gasteiger partial charge in [-0.05, 0) is 134 Å². The minimum atomic E-state index is -0.219. The van der Waals surface area contributed by atoms with E-state index in [1.54, 1.807) is 6.08 Å². The fourth-order valence-corrected chi connectivity index (χ4v) is 12.5. The zero-order valence-corrected chi connectivity index (χ0v) is 27.3. The number of esters is 1. The van der Waals surface area contributed by atoms with Gasteiger partial charge in [0.15, 0.2) is 0 Å². The molecule has 5 aliphatic rings. The van der Waals surface area contributed by atoms with Gasteiger partial charge in [-0.3, -0.25) is 0 Å². The lowest BCUT2D eigenvalue weighted by Crippen LogP contribution is -2.66. The highest BCUT2D eigenvalue weighted by Crippen LogP contribution is 2.77. The molecule has 230 valence electrons. The molecule has 0 radical (unpaired) electrons. The van der Waals surface area contributed by atoms with Gasteiger partial charge in [-0.25, -0.2) is 4.79 Å². The van der Waals surface area contributed by atoms with Crippen LogP contribution in [0.25, 0.3) is 6.08 Å². The highest BCUT2D eigenvalue weighted by Gasteiger charge is 2.70. The lowest BCUT2D eigenvalue weighted by Gasteiger charge is -2.73. The van der Waals surface area contributed by atoms with Crippen LogP contribution in [0.15, 0.2) is 48.6 Å². The summed E-state index contributed by atoms with van der Waals surface area (Å²) in [5, 5.41) is 11.0. The maximum absolute atomic E-state index is 12.9. The van der Waals surface area contributed by atoms with Crippen molar-refractivity contribution in [2.75, 3.05) is 6.61 Å². The van der Waals surface area contributed by atoms with E-state index in [1.165, 1.54) is 44.1 Å². The standard InChI is InChI=1S/C39H56O3/c1-26(2)28-17-22-39(25-42-33(41)16-13-27-11-9-8-10-12-27)24-23-37(6)29(34(28)39)14-15-31-36(5)20-19-32(40)35(3,4)30(36)18-21-38(31,37)7/h8-13,16,28-32,34,40H,1,14-15,17-25H2,2-7H3/b16-13+/t28-,29?,30?,31?,32?,34?,36?,37+,38?,39?/m0/s1. The predicted octanol–water partition coefficient (Wildman–Crippen LogP) is 9.26. The Bertz CT molecular complexity index is 1230. The third-order valence-corrected chi connectivity index (χ3v) is 14.9.